The molecule has 5 nitrogen and oxygen atoms in total. The highest BCUT2D eigenvalue weighted by molar-refractivity contribution is 5.89. The van der Waals surface area contributed by atoms with Gasteiger partial charge in [0.25, 0.3) is 0 Å². The van der Waals surface area contributed by atoms with Crippen LogP contribution < -0.4 is 10.6 Å². The van der Waals surface area contributed by atoms with Crippen LogP contribution in [0, 0.1) is 6.92 Å². The number of benzene rings is 1. The Morgan fingerprint density at radius 2 is 2.05 bits per heavy atom. The molecule has 0 aliphatic rings. The van der Waals surface area contributed by atoms with Gasteiger partial charge < -0.3 is 15.0 Å². The van der Waals surface area contributed by atoms with E-state index >= 15 is 0 Å². The van der Waals surface area contributed by atoms with Crippen LogP contribution >= 0.6 is 0 Å². The number of nitrogens with one attached hydrogen (secondary N) is 2. The lowest BCUT2D eigenvalue weighted by atomic mass is 10.3. The maximum atomic E-state index is 11.8. The molecular weight excluding hydrogens is 264 g/mol. The minimum Gasteiger partial charge on any atom is -0.332 e. The van der Waals surface area contributed by atoms with Crippen LogP contribution in [0.2, 0.25) is 0 Å². The van der Waals surface area contributed by atoms with E-state index < -0.39 is 0 Å². The summed E-state index contributed by atoms with van der Waals surface area (Å²) in [6.07, 6.45) is 3.88. The fourth-order valence-corrected chi connectivity index (χ4v) is 2.09. The van der Waals surface area contributed by atoms with Crippen molar-refractivity contribution >= 4 is 17.4 Å². The van der Waals surface area contributed by atoms with Crippen LogP contribution in [0.25, 0.3) is 5.65 Å². The maximum absolute atomic E-state index is 11.8. The molecule has 0 fully saturated rings. The summed E-state index contributed by atoms with van der Waals surface area (Å²) in [5.41, 5.74) is 3.63. The van der Waals surface area contributed by atoms with Crippen LogP contribution in [0.4, 0.5) is 10.5 Å². The standard InChI is InChI=1S/C16H16N4O/c1-12-7-8-20-11-14(18-15(20)9-12)10-17-16(21)19-13-5-3-2-4-6-13/h2-9,11H,10H2,1H3,(H2,17,19,21). The number of rotatable bonds is 3. The first-order valence-electron chi connectivity index (χ1n) is 6.75. The number of pyridine rings is 1. The van der Waals surface area contributed by atoms with E-state index in [0.717, 1.165) is 22.6 Å². The topological polar surface area (TPSA) is 58.4 Å². The number of nitrogens with zero attached hydrogens (tertiary/aromatic N) is 2. The Labute approximate surface area is 122 Å². The second kappa shape index (κ2) is 5.66. The third-order valence-corrected chi connectivity index (χ3v) is 3.13. The highest BCUT2D eigenvalue weighted by Gasteiger charge is 2.04. The molecule has 0 saturated heterocycles. The Balaban J connectivity index is 1.62. The summed E-state index contributed by atoms with van der Waals surface area (Å²) in [5, 5.41) is 5.57. The van der Waals surface area contributed by atoms with Crippen molar-refractivity contribution in [3.05, 3.63) is 66.1 Å². The fraction of sp³-hybridized carbons (Fsp3) is 0.125. The lowest BCUT2D eigenvalue weighted by Crippen LogP contribution is -2.28. The van der Waals surface area contributed by atoms with Gasteiger partial charge in [0.1, 0.15) is 5.65 Å². The van der Waals surface area contributed by atoms with Gasteiger partial charge in [0.05, 0.1) is 12.2 Å². The SMILES string of the molecule is Cc1ccn2cc(CNC(=O)Nc3ccccc3)nc2c1. The first-order valence-corrected chi connectivity index (χ1v) is 6.75. The van der Waals surface area contributed by atoms with Gasteiger partial charge >= 0.3 is 6.03 Å². The average Bonchev–Trinajstić information content (AvgIpc) is 2.88. The van der Waals surface area contributed by atoms with Gasteiger partial charge in [-0.3, -0.25) is 0 Å². The van der Waals surface area contributed by atoms with Gasteiger partial charge in [-0.1, -0.05) is 18.2 Å². The number of carbonyl (C=O) groups excluding carboxylic acids is 1. The number of para-hydroxylation sites is 1. The zero-order valence-corrected chi connectivity index (χ0v) is 11.7. The van der Waals surface area contributed by atoms with Crippen molar-refractivity contribution < 1.29 is 4.79 Å². The molecule has 0 atom stereocenters. The number of anilines is 1. The molecule has 3 aromatic rings. The molecule has 0 aliphatic carbocycles. The summed E-state index contributed by atoms with van der Waals surface area (Å²) < 4.78 is 1.94. The maximum Gasteiger partial charge on any atom is 0.319 e. The summed E-state index contributed by atoms with van der Waals surface area (Å²) in [6, 6.07) is 13.1. The Morgan fingerprint density at radius 3 is 2.86 bits per heavy atom. The van der Waals surface area contributed by atoms with E-state index in [1.54, 1.807) is 0 Å². The number of hydrogen-bond donors (Lipinski definition) is 2. The van der Waals surface area contributed by atoms with Crippen LogP contribution in [-0.4, -0.2) is 15.4 Å². The lowest BCUT2D eigenvalue weighted by Gasteiger charge is -2.05. The molecular formula is C16H16N4O. The number of carbonyl (C=O) groups is 1. The quantitative estimate of drug-likeness (QED) is 0.775. The number of fused-ring (bicyclic) bond motifs is 1. The molecule has 0 saturated carbocycles. The van der Waals surface area contributed by atoms with E-state index in [9.17, 15) is 4.79 Å². The van der Waals surface area contributed by atoms with Crippen molar-refractivity contribution in [3.8, 4) is 0 Å². The summed E-state index contributed by atoms with van der Waals surface area (Å²) in [5.74, 6) is 0. The molecule has 2 aromatic heterocycles. The fourth-order valence-electron chi connectivity index (χ4n) is 2.09. The Bertz CT molecular complexity index is 764. The molecule has 0 bridgehead atoms. The van der Waals surface area contributed by atoms with Gasteiger partial charge in [-0.25, -0.2) is 9.78 Å². The molecule has 0 unspecified atom stereocenters. The molecule has 0 aliphatic heterocycles. The highest BCUT2D eigenvalue weighted by Crippen LogP contribution is 2.08. The smallest absolute Gasteiger partial charge is 0.319 e. The van der Waals surface area contributed by atoms with Crippen molar-refractivity contribution in [2.24, 2.45) is 0 Å². The van der Waals surface area contributed by atoms with Crippen LogP contribution in [0.15, 0.2) is 54.9 Å². The molecule has 0 spiro atoms. The number of imidazole rings is 1. The molecule has 21 heavy (non-hydrogen) atoms. The third kappa shape index (κ3) is 3.20. The second-order valence-electron chi connectivity index (χ2n) is 4.88. The summed E-state index contributed by atoms with van der Waals surface area (Å²) in [7, 11) is 0. The van der Waals surface area contributed by atoms with Crippen LogP contribution in [0.1, 0.15) is 11.3 Å². The normalized spacial score (nSPS) is 10.5. The Hall–Kier alpha value is -2.82. The van der Waals surface area contributed by atoms with E-state index in [1.165, 1.54) is 0 Å². The summed E-state index contributed by atoms with van der Waals surface area (Å²) in [4.78, 5) is 16.3. The van der Waals surface area contributed by atoms with Gasteiger partial charge in [0.15, 0.2) is 0 Å². The van der Waals surface area contributed by atoms with Crippen molar-refractivity contribution in [1.82, 2.24) is 14.7 Å². The second-order valence-corrected chi connectivity index (χ2v) is 4.88. The number of aryl methyl sites for hydroxylation is 1. The molecule has 0 radical (unpaired) electrons. The zero-order chi connectivity index (χ0) is 14.7. The largest absolute Gasteiger partial charge is 0.332 e. The van der Waals surface area contributed by atoms with E-state index in [1.807, 2.05) is 66.2 Å². The van der Waals surface area contributed by atoms with Gasteiger partial charge in [-0.2, -0.15) is 0 Å². The average molecular weight is 280 g/mol. The van der Waals surface area contributed by atoms with E-state index in [4.69, 9.17) is 0 Å². The van der Waals surface area contributed by atoms with Gasteiger partial charge in [0, 0.05) is 18.1 Å². The monoisotopic (exact) mass is 280 g/mol. The summed E-state index contributed by atoms with van der Waals surface area (Å²) in [6.45, 7) is 2.42. The van der Waals surface area contributed by atoms with Crippen LogP contribution in [-0.2, 0) is 6.54 Å². The predicted molar refractivity (Wildman–Crippen MR) is 82.2 cm³/mol. The predicted octanol–water partition coefficient (Wildman–Crippen LogP) is 2.96. The van der Waals surface area contributed by atoms with Crippen molar-refractivity contribution in [2.75, 3.05) is 5.32 Å². The van der Waals surface area contributed by atoms with E-state index in [2.05, 4.69) is 15.6 Å². The van der Waals surface area contributed by atoms with Crippen LogP contribution in [0.3, 0.4) is 0 Å². The molecule has 2 N–H and O–H groups in total. The number of hydrogen-bond acceptors (Lipinski definition) is 2. The van der Waals surface area contributed by atoms with Crippen molar-refractivity contribution in [2.45, 2.75) is 13.5 Å². The Morgan fingerprint density at radius 1 is 1.24 bits per heavy atom. The van der Waals surface area contributed by atoms with Crippen LogP contribution in [0.5, 0.6) is 0 Å². The minimum absolute atomic E-state index is 0.241. The first kappa shape index (κ1) is 13.2. The minimum atomic E-state index is -0.241. The molecule has 106 valence electrons. The lowest BCUT2D eigenvalue weighted by molar-refractivity contribution is 0.251. The highest BCUT2D eigenvalue weighted by atomic mass is 16.2. The number of amides is 2. The van der Waals surface area contributed by atoms with E-state index in [0.29, 0.717) is 6.54 Å². The zero-order valence-electron chi connectivity index (χ0n) is 11.7. The Kier molecular flexibility index (Phi) is 3.55. The molecule has 2 heterocycles. The summed E-state index contributed by atoms with van der Waals surface area (Å²) >= 11 is 0. The third-order valence-electron chi connectivity index (χ3n) is 3.13. The molecule has 2 amide bonds. The molecule has 1 aromatic carbocycles. The van der Waals surface area contributed by atoms with Crippen molar-refractivity contribution in [3.63, 3.8) is 0 Å². The van der Waals surface area contributed by atoms with Gasteiger partial charge in [-0.15, -0.1) is 0 Å². The van der Waals surface area contributed by atoms with Gasteiger partial charge in [0.2, 0.25) is 0 Å². The number of urea groups is 1. The number of aromatic nitrogens is 2. The molecule has 5 heteroatoms. The first-order chi connectivity index (χ1) is 10.2. The van der Waals surface area contributed by atoms with E-state index in [-0.39, 0.29) is 6.03 Å². The van der Waals surface area contributed by atoms with Crippen molar-refractivity contribution in [1.29, 1.82) is 0 Å². The molecule has 3 rings (SSSR count). The van der Waals surface area contributed by atoms with Gasteiger partial charge in [-0.05, 0) is 36.8 Å².